The fourth-order valence-corrected chi connectivity index (χ4v) is 3.20. The number of fused-ring (bicyclic) bond motifs is 1. The highest BCUT2D eigenvalue weighted by atomic mass is 35.5. The van der Waals surface area contributed by atoms with Crippen LogP contribution in [0.3, 0.4) is 0 Å². The minimum Gasteiger partial charge on any atom is -0.423 e. The van der Waals surface area contributed by atoms with E-state index in [1.54, 1.807) is 6.07 Å². The average Bonchev–Trinajstić information content (AvgIpc) is 2.51. The van der Waals surface area contributed by atoms with Crippen molar-refractivity contribution in [3.05, 3.63) is 44.8 Å². The third kappa shape index (κ3) is 3.75. The molecule has 0 atom stereocenters. The summed E-state index contributed by atoms with van der Waals surface area (Å²) in [6, 6.07) is 5.27. The van der Waals surface area contributed by atoms with Crippen molar-refractivity contribution in [2.24, 2.45) is 0 Å². The number of piperazine rings is 1. The lowest BCUT2D eigenvalue weighted by Gasteiger charge is -2.34. The van der Waals surface area contributed by atoms with Crippen LogP contribution < -0.4 is 5.63 Å². The van der Waals surface area contributed by atoms with Gasteiger partial charge in [0.05, 0.1) is 6.61 Å². The first kappa shape index (κ1) is 16.5. The minimum absolute atomic E-state index is 0.197. The summed E-state index contributed by atoms with van der Waals surface area (Å²) in [5, 5.41) is 10.6. The van der Waals surface area contributed by atoms with Gasteiger partial charge in [0.25, 0.3) is 0 Å². The van der Waals surface area contributed by atoms with Gasteiger partial charge >= 0.3 is 5.63 Å². The fraction of sp³-hybridized carbons (Fsp3) is 0.471. The lowest BCUT2D eigenvalue weighted by molar-refractivity contribution is 0.108. The molecule has 1 N–H and O–H groups in total. The van der Waals surface area contributed by atoms with Gasteiger partial charge in [-0.25, -0.2) is 4.79 Å². The van der Waals surface area contributed by atoms with Gasteiger partial charge in [0.2, 0.25) is 0 Å². The SMILES string of the molecule is Cc1cc2oc(=O)cc(CN3CCN(CCO)CC3)c2cc1Cl. The topological polar surface area (TPSA) is 56.9 Å². The first-order valence-corrected chi connectivity index (χ1v) is 8.23. The van der Waals surface area contributed by atoms with E-state index in [-0.39, 0.29) is 12.2 Å². The van der Waals surface area contributed by atoms with Gasteiger partial charge in [0.15, 0.2) is 0 Å². The Labute approximate surface area is 140 Å². The summed E-state index contributed by atoms with van der Waals surface area (Å²) < 4.78 is 5.31. The number of aliphatic hydroxyl groups excluding tert-OH is 1. The molecule has 124 valence electrons. The summed E-state index contributed by atoms with van der Waals surface area (Å²) in [5.74, 6) is 0. The van der Waals surface area contributed by atoms with Crippen LogP contribution in [0.25, 0.3) is 11.0 Å². The van der Waals surface area contributed by atoms with Gasteiger partial charge in [-0.3, -0.25) is 9.80 Å². The van der Waals surface area contributed by atoms with E-state index in [9.17, 15) is 4.79 Å². The van der Waals surface area contributed by atoms with E-state index >= 15 is 0 Å². The summed E-state index contributed by atoms with van der Waals surface area (Å²) in [5.41, 5.74) is 2.12. The third-order valence-electron chi connectivity index (χ3n) is 4.38. The van der Waals surface area contributed by atoms with Gasteiger partial charge in [-0.05, 0) is 30.2 Å². The van der Waals surface area contributed by atoms with Crippen LogP contribution in [0.15, 0.2) is 27.4 Å². The molecule has 0 bridgehead atoms. The number of aliphatic hydroxyl groups is 1. The monoisotopic (exact) mass is 336 g/mol. The highest BCUT2D eigenvalue weighted by Crippen LogP contribution is 2.26. The van der Waals surface area contributed by atoms with E-state index in [1.165, 1.54) is 0 Å². The summed E-state index contributed by atoms with van der Waals surface area (Å²) >= 11 is 6.23. The Morgan fingerprint density at radius 1 is 1.17 bits per heavy atom. The maximum atomic E-state index is 11.8. The number of hydrogen-bond donors (Lipinski definition) is 1. The largest absolute Gasteiger partial charge is 0.423 e. The van der Waals surface area contributed by atoms with Crippen LogP contribution in [-0.4, -0.2) is 54.2 Å². The highest BCUT2D eigenvalue weighted by molar-refractivity contribution is 6.32. The van der Waals surface area contributed by atoms with E-state index in [1.807, 2.05) is 19.1 Å². The lowest BCUT2D eigenvalue weighted by atomic mass is 10.1. The third-order valence-corrected chi connectivity index (χ3v) is 4.79. The predicted molar refractivity (Wildman–Crippen MR) is 91.0 cm³/mol. The van der Waals surface area contributed by atoms with Gasteiger partial charge in [-0.1, -0.05) is 11.6 Å². The quantitative estimate of drug-likeness (QED) is 0.864. The molecule has 1 saturated heterocycles. The first-order valence-electron chi connectivity index (χ1n) is 7.85. The number of rotatable bonds is 4. The van der Waals surface area contributed by atoms with Crippen molar-refractivity contribution in [3.8, 4) is 0 Å². The molecule has 1 aromatic carbocycles. The normalized spacial score (nSPS) is 17.0. The van der Waals surface area contributed by atoms with Gasteiger partial charge in [-0.2, -0.15) is 0 Å². The van der Waals surface area contributed by atoms with Crippen LogP contribution in [0.4, 0.5) is 0 Å². The molecular formula is C17H21ClN2O3. The molecule has 1 fully saturated rings. The second-order valence-electron chi connectivity index (χ2n) is 6.03. The van der Waals surface area contributed by atoms with Crippen molar-refractivity contribution < 1.29 is 9.52 Å². The zero-order valence-electron chi connectivity index (χ0n) is 13.2. The zero-order chi connectivity index (χ0) is 16.4. The van der Waals surface area contributed by atoms with Crippen molar-refractivity contribution in [2.75, 3.05) is 39.3 Å². The summed E-state index contributed by atoms with van der Waals surface area (Å²) in [6.45, 7) is 7.22. The van der Waals surface area contributed by atoms with Gasteiger partial charge in [0, 0.05) is 55.7 Å². The van der Waals surface area contributed by atoms with E-state index in [2.05, 4.69) is 9.80 Å². The smallest absolute Gasteiger partial charge is 0.336 e. The van der Waals surface area contributed by atoms with Crippen LogP contribution >= 0.6 is 11.6 Å². The number of β-amino-alcohol motifs (C(OH)–C–C–N with tert-alkyl or cyclic N) is 1. The second-order valence-corrected chi connectivity index (χ2v) is 6.44. The molecule has 2 heterocycles. The van der Waals surface area contributed by atoms with E-state index in [4.69, 9.17) is 21.1 Å². The molecule has 0 radical (unpaired) electrons. The zero-order valence-corrected chi connectivity index (χ0v) is 14.0. The standard InChI is InChI=1S/C17H21ClN2O3/c1-12-8-16-14(10-15(12)18)13(9-17(22)23-16)11-20-4-2-19(3-5-20)6-7-21/h8-10,21H,2-7,11H2,1H3. The highest BCUT2D eigenvalue weighted by Gasteiger charge is 2.18. The van der Waals surface area contributed by atoms with Gasteiger partial charge in [0.1, 0.15) is 5.58 Å². The fourth-order valence-electron chi connectivity index (χ4n) is 3.03. The number of hydrogen-bond acceptors (Lipinski definition) is 5. The van der Waals surface area contributed by atoms with Crippen molar-refractivity contribution >= 4 is 22.6 Å². The Morgan fingerprint density at radius 3 is 2.57 bits per heavy atom. The predicted octanol–water partition coefficient (Wildman–Crippen LogP) is 1.86. The Hall–Kier alpha value is -1.40. The number of benzene rings is 1. The molecule has 0 spiro atoms. The summed E-state index contributed by atoms with van der Waals surface area (Å²) in [4.78, 5) is 16.4. The van der Waals surface area contributed by atoms with Crippen LogP contribution in [0.5, 0.6) is 0 Å². The van der Waals surface area contributed by atoms with E-state index in [0.717, 1.165) is 49.2 Å². The molecule has 23 heavy (non-hydrogen) atoms. The molecule has 2 aromatic rings. The van der Waals surface area contributed by atoms with Crippen molar-refractivity contribution in [1.29, 1.82) is 0 Å². The van der Waals surface area contributed by atoms with Crippen molar-refractivity contribution in [2.45, 2.75) is 13.5 Å². The summed E-state index contributed by atoms with van der Waals surface area (Å²) in [7, 11) is 0. The number of halogens is 1. The lowest BCUT2D eigenvalue weighted by Crippen LogP contribution is -2.46. The van der Waals surface area contributed by atoms with Crippen LogP contribution in [-0.2, 0) is 6.54 Å². The Morgan fingerprint density at radius 2 is 1.87 bits per heavy atom. The molecule has 5 nitrogen and oxygen atoms in total. The maximum absolute atomic E-state index is 11.8. The second kappa shape index (κ2) is 7.01. The molecular weight excluding hydrogens is 316 g/mol. The molecule has 1 aromatic heterocycles. The van der Waals surface area contributed by atoms with E-state index in [0.29, 0.717) is 17.2 Å². The average molecular weight is 337 g/mol. The van der Waals surface area contributed by atoms with Crippen LogP contribution in [0.1, 0.15) is 11.1 Å². The summed E-state index contributed by atoms with van der Waals surface area (Å²) in [6.07, 6.45) is 0. The molecule has 0 saturated carbocycles. The van der Waals surface area contributed by atoms with Crippen LogP contribution in [0.2, 0.25) is 5.02 Å². The Kier molecular flexibility index (Phi) is 5.02. The molecule has 1 aliphatic rings. The Balaban J connectivity index is 1.83. The molecule has 0 amide bonds. The van der Waals surface area contributed by atoms with Crippen LogP contribution in [0, 0.1) is 6.92 Å². The number of nitrogens with zero attached hydrogens (tertiary/aromatic N) is 2. The van der Waals surface area contributed by atoms with Gasteiger partial charge in [-0.15, -0.1) is 0 Å². The molecule has 0 unspecified atom stereocenters. The molecule has 1 aliphatic heterocycles. The number of aryl methyl sites for hydroxylation is 1. The first-order chi connectivity index (χ1) is 11.1. The van der Waals surface area contributed by atoms with Crippen molar-refractivity contribution in [1.82, 2.24) is 9.80 Å². The molecule has 3 rings (SSSR count). The maximum Gasteiger partial charge on any atom is 0.336 e. The molecule has 0 aliphatic carbocycles. The minimum atomic E-state index is -0.326. The van der Waals surface area contributed by atoms with Gasteiger partial charge < -0.3 is 9.52 Å². The Bertz CT molecular complexity index is 751. The van der Waals surface area contributed by atoms with Crippen molar-refractivity contribution in [3.63, 3.8) is 0 Å². The van der Waals surface area contributed by atoms with E-state index < -0.39 is 0 Å². The molecule has 6 heteroatoms.